The highest BCUT2D eigenvalue weighted by molar-refractivity contribution is 7.91. The van der Waals surface area contributed by atoms with Gasteiger partial charge in [-0.05, 0) is 25.0 Å². The van der Waals surface area contributed by atoms with Gasteiger partial charge >= 0.3 is 0 Å². The normalized spacial score (nSPS) is 21.4. The van der Waals surface area contributed by atoms with Crippen LogP contribution in [-0.2, 0) is 10.0 Å². The second kappa shape index (κ2) is 5.86. The van der Waals surface area contributed by atoms with E-state index in [9.17, 15) is 8.42 Å². The second-order valence-electron chi connectivity index (χ2n) is 3.71. The van der Waals surface area contributed by atoms with E-state index >= 15 is 0 Å². The summed E-state index contributed by atoms with van der Waals surface area (Å²) in [6.07, 6.45) is 1.72. The summed E-state index contributed by atoms with van der Waals surface area (Å²) >= 11 is 6.84. The van der Waals surface area contributed by atoms with Crippen LogP contribution < -0.4 is 5.73 Å². The van der Waals surface area contributed by atoms with Gasteiger partial charge in [-0.3, -0.25) is 0 Å². The Morgan fingerprint density at radius 3 is 2.76 bits per heavy atom. The fourth-order valence-corrected chi connectivity index (χ4v) is 5.23. The van der Waals surface area contributed by atoms with Crippen molar-refractivity contribution >= 4 is 45.4 Å². The van der Waals surface area contributed by atoms with Gasteiger partial charge in [-0.1, -0.05) is 11.6 Å². The lowest BCUT2D eigenvalue weighted by molar-refractivity contribution is 0.394. The second-order valence-corrected chi connectivity index (χ2v) is 7.54. The maximum Gasteiger partial charge on any atom is 0.252 e. The molecule has 1 aliphatic rings. The van der Waals surface area contributed by atoms with E-state index in [1.165, 1.54) is 4.31 Å². The van der Waals surface area contributed by atoms with E-state index in [2.05, 4.69) is 0 Å². The Hall–Kier alpha value is 0.150. The van der Waals surface area contributed by atoms with Gasteiger partial charge in [-0.2, -0.15) is 4.31 Å². The van der Waals surface area contributed by atoms with Crippen molar-refractivity contribution in [1.29, 1.82) is 0 Å². The number of rotatable bonds is 3. The SMILES string of the molecule is Cl.NCC1CCCN1S(=O)(=O)c1ccc(Cl)s1. The van der Waals surface area contributed by atoms with Crippen molar-refractivity contribution in [3.05, 3.63) is 16.5 Å². The molecule has 1 atom stereocenters. The van der Waals surface area contributed by atoms with Crippen LogP contribution >= 0.6 is 35.3 Å². The Balaban J connectivity index is 0.00000144. The highest BCUT2D eigenvalue weighted by Crippen LogP contribution is 2.31. The minimum Gasteiger partial charge on any atom is -0.329 e. The van der Waals surface area contributed by atoms with Crippen LogP contribution in [0.3, 0.4) is 0 Å². The van der Waals surface area contributed by atoms with Gasteiger partial charge < -0.3 is 5.73 Å². The first-order chi connectivity index (χ1) is 7.55. The number of halogens is 2. The molecular weight excluding hydrogens is 303 g/mol. The molecule has 8 heteroatoms. The number of hydrogen-bond acceptors (Lipinski definition) is 4. The quantitative estimate of drug-likeness (QED) is 0.926. The molecule has 4 nitrogen and oxygen atoms in total. The zero-order valence-corrected chi connectivity index (χ0v) is 12.2. The Morgan fingerprint density at radius 2 is 2.24 bits per heavy atom. The summed E-state index contributed by atoms with van der Waals surface area (Å²) in [5.74, 6) is 0. The van der Waals surface area contributed by atoms with Crippen molar-refractivity contribution in [2.75, 3.05) is 13.1 Å². The third-order valence-electron chi connectivity index (χ3n) is 2.71. The first-order valence-electron chi connectivity index (χ1n) is 5.03. The van der Waals surface area contributed by atoms with Crippen molar-refractivity contribution in [1.82, 2.24) is 4.31 Å². The molecule has 1 aromatic heterocycles. The van der Waals surface area contributed by atoms with E-state index in [4.69, 9.17) is 17.3 Å². The first-order valence-corrected chi connectivity index (χ1v) is 7.66. The molecule has 0 aromatic carbocycles. The molecule has 2 N–H and O–H groups in total. The number of nitrogens with zero attached hydrogens (tertiary/aromatic N) is 1. The number of thiophene rings is 1. The van der Waals surface area contributed by atoms with Crippen LogP contribution in [0.25, 0.3) is 0 Å². The van der Waals surface area contributed by atoms with E-state index in [1.807, 2.05) is 0 Å². The van der Waals surface area contributed by atoms with Crippen molar-refractivity contribution in [2.24, 2.45) is 5.73 Å². The Bertz CT molecular complexity index is 475. The summed E-state index contributed by atoms with van der Waals surface area (Å²) in [5, 5.41) is 0. The highest BCUT2D eigenvalue weighted by atomic mass is 35.5. The lowest BCUT2D eigenvalue weighted by atomic mass is 10.2. The molecular formula is C9H14Cl2N2O2S2. The van der Waals surface area contributed by atoms with E-state index in [1.54, 1.807) is 12.1 Å². The van der Waals surface area contributed by atoms with Gasteiger partial charge in [0.05, 0.1) is 4.34 Å². The molecule has 1 aromatic rings. The molecule has 1 aliphatic heterocycles. The lowest BCUT2D eigenvalue weighted by Crippen LogP contribution is -2.39. The van der Waals surface area contributed by atoms with Gasteiger partial charge in [-0.25, -0.2) is 8.42 Å². The topological polar surface area (TPSA) is 63.4 Å². The van der Waals surface area contributed by atoms with Crippen LogP contribution in [0.4, 0.5) is 0 Å². The monoisotopic (exact) mass is 316 g/mol. The molecule has 17 heavy (non-hydrogen) atoms. The average Bonchev–Trinajstić information content (AvgIpc) is 2.85. The largest absolute Gasteiger partial charge is 0.329 e. The van der Waals surface area contributed by atoms with Crippen molar-refractivity contribution in [2.45, 2.75) is 23.1 Å². The molecule has 0 spiro atoms. The van der Waals surface area contributed by atoms with E-state index in [0.717, 1.165) is 24.2 Å². The van der Waals surface area contributed by atoms with Gasteiger partial charge in [0.25, 0.3) is 10.0 Å². The molecule has 98 valence electrons. The van der Waals surface area contributed by atoms with Crippen molar-refractivity contribution in [3.8, 4) is 0 Å². The van der Waals surface area contributed by atoms with E-state index in [0.29, 0.717) is 21.6 Å². The molecule has 1 fully saturated rings. The van der Waals surface area contributed by atoms with E-state index < -0.39 is 10.0 Å². The zero-order valence-electron chi connectivity index (χ0n) is 9.00. The minimum absolute atomic E-state index is 0. The van der Waals surface area contributed by atoms with Crippen LogP contribution in [0.1, 0.15) is 12.8 Å². The van der Waals surface area contributed by atoms with Crippen molar-refractivity contribution in [3.63, 3.8) is 0 Å². The molecule has 0 saturated carbocycles. The fourth-order valence-electron chi connectivity index (χ4n) is 1.91. The summed E-state index contributed by atoms with van der Waals surface area (Å²) in [6, 6.07) is 3.09. The van der Waals surface area contributed by atoms with Gasteiger partial charge in [0.15, 0.2) is 0 Å². The molecule has 0 aliphatic carbocycles. The predicted octanol–water partition coefficient (Wildman–Crippen LogP) is 1.94. The van der Waals surface area contributed by atoms with Crippen LogP contribution in [0.5, 0.6) is 0 Å². The molecule has 2 heterocycles. The van der Waals surface area contributed by atoms with Crippen LogP contribution in [0.2, 0.25) is 4.34 Å². The third kappa shape index (κ3) is 2.94. The van der Waals surface area contributed by atoms with Gasteiger partial charge in [-0.15, -0.1) is 23.7 Å². The summed E-state index contributed by atoms with van der Waals surface area (Å²) < 4.78 is 26.8. The predicted molar refractivity (Wildman–Crippen MR) is 72.5 cm³/mol. The third-order valence-corrected chi connectivity index (χ3v) is 6.36. The maximum atomic E-state index is 12.2. The van der Waals surface area contributed by atoms with Gasteiger partial charge in [0.2, 0.25) is 0 Å². The van der Waals surface area contributed by atoms with Crippen LogP contribution in [0.15, 0.2) is 16.3 Å². The summed E-state index contributed by atoms with van der Waals surface area (Å²) in [5.41, 5.74) is 5.58. The maximum absolute atomic E-state index is 12.2. The Morgan fingerprint density at radius 1 is 1.53 bits per heavy atom. The molecule has 2 rings (SSSR count). The van der Waals surface area contributed by atoms with Gasteiger partial charge in [0, 0.05) is 19.1 Å². The Kier molecular flexibility index (Phi) is 5.24. The molecule has 1 saturated heterocycles. The molecule has 0 radical (unpaired) electrons. The number of sulfonamides is 1. The van der Waals surface area contributed by atoms with Crippen LogP contribution in [0, 0.1) is 0 Å². The summed E-state index contributed by atoms with van der Waals surface area (Å²) in [7, 11) is -3.39. The number of hydrogen-bond donors (Lipinski definition) is 1. The van der Waals surface area contributed by atoms with E-state index in [-0.39, 0.29) is 18.4 Å². The highest BCUT2D eigenvalue weighted by Gasteiger charge is 2.35. The van der Waals surface area contributed by atoms with Crippen molar-refractivity contribution < 1.29 is 8.42 Å². The lowest BCUT2D eigenvalue weighted by Gasteiger charge is -2.21. The summed E-state index contributed by atoms with van der Waals surface area (Å²) in [4.78, 5) is 0. The standard InChI is InChI=1S/C9H13ClN2O2S2.ClH/c10-8-3-4-9(15-8)16(13,14)12-5-1-2-7(12)6-11;/h3-4,7H,1-2,5-6,11H2;1H. The summed E-state index contributed by atoms with van der Waals surface area (Å²) in [6.45, 7) is 0.929. The Labute approximate surface area is 116 Å². The average molecular weight is 317 g/mol. The minimum atomic E-state index is -3.39. The smallest absolute Gasteiger partial charge is 0.252 e. The first kappa shape index (κ1) is 15.2. The molecule has 0 amide bonds. The molecule has 1 unspecified atom stereocenters. The van der Waals surface area contributed by atoms with Crippen LogP contribution in [-0.4, -0.2) is 31.9 Å². The van der Waals surface area contributed by atoms with Gasteiger partial charge in [0.1, 0.15) is 4.21 Å². The number of nitrogens with two attached hydrogens (primary N) is 1. The fraction of sp³-hybridized carbons (Fsp3) is 0.556. The molecule has 0 bridgehead atoms. The zero-order chi connectivity index (χ0) is 11.8.